The number of nitrogens with one attached hydrogen (secondary N) is 2. The number of halogens is 1. The van der Waals surface area contributed by atoms with Gasteiger partial charge in [-0.2, -0.15) is 0 Å². The molecule has 24 heavy (non-hydrogen) atoms. The van der Waals surface area contributed by atoms with Crippen LogP contribution in [-0.2, 0) is 6.42 Å². The number of hydrogen-bond donors (Lipinski definition) is 2. The van der Waals surface area contributed by atoms with Gasteiger partial charge in [0.15, 0.2) is 0 Å². The summed E-state index contributed by atoms with van der Waals surface area (Å²) < 4.78 is 0. The molecule has 0 bridgehead atoms. The topological polar surface area (TPSA) is 57.3 Å². The molecular weight excluding hydrogens is 324 g/mol. The van der Waals surface area contributed by atoms with E-state index in [0.29, 0.717) is 17.3 Å². The zero-order chi connectivity index (χ0) is 17.4. The van der Waals surface area contributed by atoms with Crippen molar-refractivity contribution in [2.45, 2.75) is 6.42 Å². The number of benzene rings is 1. The Bertz CT molecular complexity index is 658. The highest BCUT2D eigenvalue weighted by Crippen LogP contribution is 2.11. The fraction of sp³-hybridized carbons (Fsp3) is 0.333. The van der Waals surface area contributed by atoms with E-state index in [1.54, 1.807) is 12.3 Å². The number of likely N-dealkylation sites (N-methyl/N-ethyl adjacent to an activating group) is 1. The van der Waals surface area contributed by atoms with Crippen molar-refractivity contribution in [2.75, 3.05) is 39.0 Å². The third-order valence-electron chi connectivity index (χ3n) is 3.47. The number of aromatic nitrogens is 1. The summed E-state index contributed by atoms with van der Waals surface area (Å²) in [6.45, 7) is 2.31. The maximum absolute atomic E-state index is 12.1. The van der Waals surface area contributed by atoms with E-state index in [4.69, 9.17) is 11.6 Å². The maximum Gasteiger partial charge on any atom is 0.269 e. The van der Waals surface area contributed by atoms with Crippen molar-refractivity contribution >= 4 is 23.2 Å². The Morgan fingerprint density at radius 2 is 2.04 bits per heavy atom. The molecule has 2 N–H and O–H groups in total. The molecule has 128 valence electrons. The van der Waals surface area contributed by atoms with E-state index in [1.807, 2.05) is 44.4 Å². The van der Waals surface area contributed by atoms with E-state index in [9.17, 15) is 4.79 Å². The molecule has 0 spiro atoms. The molecule has 0 aliphatic heterocycles. The van der Waals surface area contributed by atoms with Crippen LogP contribution in [-0.4, -0.2) is 49.5 Å². The SMILES string of the molecule is CN(C)CCNc1ccc(C(=O)NCCc2cccc(Cl)c2)nc1. The summed E-state index contributed by atoms with van der Waals surface area (Å²) in [5, 5.41) is 6.84. The maximum atomic E-state index is 12.1. The molecule has 0 unspecified atom stereocenters. The van der Waals surface area contributed by atoms with E-state index < -0.39 is 0 Å². The van der Waals surface area contributed by atoms with Gasteiger partial charge in [0, 0.05) is 24.7 Å². The van der Waals surface area contributed by atoms with E-state index in [0.717, 1.165) is 30.8 Å². The van der Waals surface area contributed by atoms with Crippen molar-refractivity contribution in [3.8, 4) is 0 Å². The number of hydrogen-bond acceptors (Lipinski definition) is 4. The monoisotopic (exact) mass is 346 g/mol. The second kappa shape index (κ2) is 9.25. The van der Waals surface area contributed by atoms with Crippen molar-refractivity contribution in [3.63, 3.8) is 0 Å². The molecule has 0 saturated carbocycles. The van der Waals surface area contributed by atoms with E-state index in [2.05, 4.69) is 20.5 Å². The van der Waals surface area contributed by atoms with E-state index >= 15 is 0 Å². The molecule has 0 atom stereocenters. The van der Waals surface area contributed by atoms with Gasteiger partial charge in [-0.3, -0.25) is 4.79 Å². The van der Waals surface area contributed by atoms with Crippen LogP contribution in [0.3, 0.4) is 0 Å². The lowest BCUT2D eigenvalue weighted by atomic mass is 10.1. The molecule has 1 heterocycles. The van der Waals surface area contributed by atoms with Gasteiger partial charge in [0.1, 0.15) is 5.69 Å². The lowest BCUT2D eigenvalue weighted by Crippen LogP contribution is -2.26. The molecule has 0 fully saturated rings. The number of carbonyl (C=O) groups is 1. The molecule has 1 amide bonds. The summed E-state index contributed by atoms with van der Waals surface area (Å²) in [5.74, 6) is -0.170. The number of anilines is 1. The molecule has 0 saturated heterocycles. The highest BCUT2D eigenvalue weighted by atomic mass is 35.5. The zero-order valence-electron chi connectivity index (χ0n) is 14.1. The Morgan fingerprint density at radius 3 is 2.71 bits per heavy atom. The molecular formula is C18H23ClN4O. The summed E-state index contributed by atoms with van der Waals surface area (Å²) in [6.07, 6.45) is 2.41. The Kier molecular flexibility index (Phi) is 7.03. The van der Waals surface area contributed by atoms with E-state index in [1.165, 1.54) is 0 Å². The molecule has 0 radical (unpaired) electrons. The third kappa shape index (κ3) is 6.18. The second-order valence-electron chi connectivity index (χ2n) is 5.80. The van der Waals surface area contributed by atoms with Crippen LogP contribution in [0.1, 0.15) is 16.1 Å². The first-order valence-electron chi connectivity index (χ1n) is 7.92. The quantitative estimate of drug-likeness (QED) is 0.771. The van der Waals surface area contributed by atoms with Gasteiger partial charge in [0.2, 0.25) is 0 Å². The van der Waals surface area contributed by atoms with Crippen LogP contribution < -0.4 is 10.6 Å². The number of nitrogens with zero attached hydrogens (tertiary/aromatic N) is 2. The lowest BCUT2D eigenvalue weighted by molar-refractivity contribution is 0.0949. The van der Waals surface area contributed by atoms with Crippen molar-refractivity contribution in [3.05, 3.63) is 58.9 Å². The van der Waals surface area contributed by atoms with Gasteiger partial charge >= 0.3 is 0 Å². The Labute approximate surface area is 148 Å². The highest BCUT2D eigenvalue weighted by molar-refractivity contribution is 6.30. The summed E-state index contributed by atoms with van der Waals surface area (Å²) in [4.78, 5) is 18.4. The van der Waals surface area contributed by atoms with Crippen LogP contribution in [0.5, 0.6) is 0 Å². The number of amides is 1. The lowest BCUT2D eigenvalue weighted by Gasteiger charge is -2.11. The average Bonchev–Trinajstić information content (AvgIpc) is 2.55. The first-order valence-corrected chi connectivity index (χ1v) is 8.29. The first-order chi connectivity index (χ1) is 11.5. The van der Waals surface area contributed by atoms with Crippen LogP contribution in [0.4, 0.5) is 5.69 Å². The van der Waals surface area contributed by atoms with Crippen LogP contribution in [0.15, 0.2) is 42.6 Å². The molecule has 6 heteroatoms. The highest BCUT2D eigenvalue weighted by Gasteiger charge is 2.06. The molecule has 0 aliphatic carbocycles. The normalized spacial score (nSPS) is 10.7. The van der Waals surface area contributed by atoms with Crippen LogP contribution >= 0.6 is 11.6 Å². The average molecular weight is 347 g/mol. The fourth-order valence-corrected chi connectivity index (χ4v) is 2.37. The van der Waals surface area contributed by atoms with Gasteiger partial charge in [-0.05, 0) is 50.3 Å². The van der Waals surface area contributed by atoms with Crippen LogP contribution in [0.2, 0.25) is 5.02 Å². The van der Waals surface area contributed by atoms with Gasteiger partial charge < -0.3 is 15.5 Å². The summed E-state index contributed by atoms with van der Waals surface area (Å²) in [6, 6.07) is 11.2. The molecule has 0 aliphatic rings. The first kappa shape index (κ1) is 18.2. The largest absolute Gasteiger partial charge is 0.383 e. The molecule has 1 aromatic heterocycles. The summed E-state index contributed by atoms with van der Waals surface area (Å²) in [5.41, 5.74) is 2.42. The number of pyridine rings is 1. The van der Waals surface area contributed by atoms with Gasteiger partial charge in [-0.1, -0.05) is 23.7 Å². The summed E-state index contributed by atoms with van der Waals surface area (Å²) in [7, 11) is 4.05. The Balaban J connectivity index is 1.77. The standard InChI is InChI=1S/C18H23ClN4O/c1-23(2)11-10-20-16-6-7-17(22-13-16)18(24)21-9-8-14-4-3-5-15(19)12-14/h3-7,12-13,20H,8-11H2,1-2H3,(H,21,24). The second-order valence-corrected chi connectivity index (χ2v) is 6.23. The van der Waals surface area contributed by atoms with Gasteiger partial charge in [0.25, 0.3) is 5.91 Å². The molecule has 2 aromatic rings. The fourth-order valence-electron chi connectivity index (χ4n) is 2.16. The van der Waals surface area contributed by atoms with Crippen molar-refractivity contribution < 1.29 is 4.79 Å². The number of rotatable bonds is 8. The van der Waals surface area contributed by atoms with Gasteiger partial charge in [-0.15, -0.1) is 0 Å². The Morgan fingerprint density at radius 1 is 1.21 bits per heavy atom. The van der Waals surface area contributed by atoms with E-state index in [-0.39, 0.29) is 5.91 Å². The molecule has 1 aromatic carbocycles. The predicted octanol–water partition coefficient (Wildman–Crippen LogP) is 2.68. The minimum atomic E-state index is -0.170. The van der Waals surface area contributed by atoms with Crippen molar-refractivity contribution in [1.82, 2.24) is 15.2 Å². The number of carbonyl (C=O) groups excluding carboxylic acids is 1. The van der Waals surface area contributed by atoms with Crippen LogP contribution in [0, 0.1) is 0 Å². The minimum absolute atomic E-state index is 0.170. The minimum Gasteiger partial charge on any atom is -0.383 e. The van der Waals surface area contributed by atoms with Crippen molar-refractivity contribution in [2.24, 2.45) is 0 Å². The van der Waals surface area contributed by atoms with Crippen molar-refractivity contribution in [1.29, 1.82) is 0 Å². The predicted molar refractivity (Wildman–Crippen MR) is 98.8 cm³/mol. The molecule has 2 rings (SSSR count). The van der Waals surface area contributed by atoms with Gasteiger partial charge in [0.05, 0.1) is 11.9 Å². The van der Waals surface area contributed by atoms with Gasteiger partial charge in [-0.25, -0.2) is 4.98 Å². The smallest absolute Gasteiger partial charge is 0.269 e. The summed E-state index contributed by atoms with van der Waals surface area (Å²) >= 11 is 5.94. The zero-order valence-corrected chi connectivity index (χ0v) is 14.8. The molecule has 5 nitrogen and oxygen atoms in total. The van der Waals surface area contributed by atoms with Crippen LogP contribution in [0.25, 0.3) is 0 Å². The Hall–Kier alpha value is -2.11. The third-order valence-corrected chi connectivity index (χ3v) is 3.71.